The second kappa shape index (κ2) is 9.16. The number of anilines is 1. The first-order valence-corrected chi connectivity index (χ1v) is 9.02. The third-order valence-corrected chi connectivity index (χ3v) is 4.30. The molecule has 0 aliphatic carbocycles. The highest BCUT2D eigenvalue weighted by atomic mass is 35.5. The second-order valence-electron chi connectivity index (χ2n) is 5.98. The Labute approximate surface area is 172 Å². The topological polar surface area (TPSA) is 78.8 Å². The van der Waals surface area contributed by atoms with Crippen molar-refractivity contribution in [2.45, 2.75) is 6.61 Å². The van der Waals surface area contributed by atoms with E-state index >= 15 is 0 Å². The van der Waals surface area contributed by atoms with Crippen LogP contribution in [-0.2, 0) is 6.61 Å². The molecule has 0 unspecified atom stereocenters. The van der Waals surface area contributed by atoms with Gasteiger partial charge in [-0.25, -0.2) is 0 Å². The maximum Gasteiger partial charge on any atom is 0.295 e. The molecule has 0 saturated carbocycles. The van der Waals surface area contributed by atoms with E-state index in [4.69, 9.17) is 25.9 Å². The summed E-state index contributed by atoms with van der Waals surface area (Å²) in [5, 5.41) is 3.24. The number of nitrogens with one attached hydrogen (secondary N) is 1. The molecule has 0 atom stereocenters. The van der Waals surface area contributed by atoms with Crippen molar-refractivity contribution in [3.8, 4) is 11.5 Å². The van der Waals surface area contributed by atoms with Crippen molar-refractivity contribution in [3.63, 3.8) is 0 Å². The van der Waals surface area contributed by atoms with Crippen LogP contribution in [0.5, 0.6) is 11.5 Å². The monoisotopic (exact) mass is 414 g/mol. The van der Waals surface area contributed by atoms with E-state index in [0.29, 0.717) is 22.2 Å². The number of amides is 1. The van der Waals surface area contributed by atoms with Crippen LogP contribution in [0.1, 0.15) is 15.9 Å². The first kappa shape index (κ1) is 20.3. The molecule has 8 heteroatoms. The number of hydrogen-bond donors (Lipinski definition) is 1. The lowest BCUT2D eigenvalue weighted by atomic mass is 10.2. The SMILES string of the molecule is COc1ccc(NC(=O)c2cccn(OCc3cccc(Cl)c3)c2=O)cc1OC. The van der Waals surface area contributed by atoms with Crippen molar-refractivity contribution < 1.29 is 19.1 Å². The number of halogens is 1. The van der Waals surface area contributed by atoms with Gasteiger partial charge >= 0.3 is 0 Å². The summed E-state index contributed by atoms with van der Waals surface area (Å²) in [5.41, 5.74) is 0.618. The van der Waals surface area contributed by atoms with Crippen molar-refractivity contribution in [1.82, 2.24) is 4.73 Å². The minimum absolute atomic E-state index is 0.0617. The number of carbonyl (C=O) groups is 1. The maximum absolute atomic E-state index is 12.6. The molecular formula is C21H19ClN2O5. The van der Waals surface area contributed by atoms with E-state index in [0.717, 1.165) is 10.3 Å². The molecule has 29 heavy (non-hydrogen) atoms. The van der Waals surface area contributed by atoms with E-state index in [9.17, 15) is 9.59 Å². The Hall–Kier alpha value is -3.45. The van der Waals surface area contributed by atoms with Gasteiger partial charge in [-0.15, -0.1) is 0 Å². The summed E-state index contributed by atoms with van der Waals surface area (Å²) in [5.74, 6) is 0.422. The minimum atomic E-state index is -0.576. The lowest BCUT2D eigenvalue weighted by Crippen LogP contribution is -2.32. The number of aromatic nitrogens is 1. The van der Waals surface area contributed by atoms with Crippen molar-refractivity contribution in [1.29, 1.82) is 0 Å². The van der Waals surface area contributed by atoms with Crippen LogP contribution in [0.2, 0.25) is 5.02 Å². The molecule has 0 spiro atoms. The van der Waals surface area contributed by atoms with Gasteiger partial charge in [-0.3, -0.25) is 9.59 Å². The van der Waals surface area contributed by atoms with Crippen LogP contribution in [0, 0.1) is 0 Å². The summed E-state index contributed by atoms with van der Waals surface area (Å²) < 4.78 is 11.4. The third-order valence-electron chi connectivity index (χ3n) is 4.06. The average Bonchev–Trinajstić information content (AvgIpc) is 2.73. The van der Waals surface area contributed by atoms with E-state index in [2.05, 4.69) is 5.32 Å². The number of pyridine rings is 1. The molecule has 0 saturated heterocycles. The maximum atomic E-state index is 12.6. The average molecular weight is 415 g/mol. The molecule has 2 aromatic carbocycles. The molecule has 0 aliphatic heterocycles. The zero-order chi connectivity index (χ0) is 20.8. The number of rotatable bonds is 7. The highest BCUT2D eigenvalue weighted by Gasteiger charge is 2.14. The highest BCUT2D eigenvalue weighted by Crippen LogP contribution is 2.29. The standard InChI is InChI=1S/C21H19ClN2O5/c1-27-18-9-8-16(12-19(18)28-2)23-20(25)17-7-4-10-24(21(17)26)29-13-14-5-3-6-15(22)11-14/h3-12H,13H2,1-2H3,(H,23,25). The van der Waals surface area contributed by atoms with Crippen molar-refractivity contribution in [3.05, 3.63) is 87.3 Å². The molecule has 1 amide bonds. The van der Waals surface area contributed by atoms with Gasteiger partial charge in [-0.2, -0.15) is 4.73 Å². The fourth-order valence-electron chi connectivity index (χ4n) is 2.63. The van der Waals surface area contributed by atoms with Gasteiger partial charge in [0.25, 0.3) is 11.5 Å². The highest BCUT2D eigenvalue weighted by molar-refractivity contribution is 6.30. The summed E-state index contributed by atoms with van der Waals surface area (Å²) in [6.45, 7) is 0.126. The molecule has 1 N–H and O–H groups in total. The summed E-state index contributed by atoms with van der Waals surface area (Å²) in [7, 11) is 3.02. The molecule has 3 aromatic rings. The number of benzene rings is 2. The molecule has 0 bridgehead atoms. The van der Waals surface area contributed by atoms with E-state index in [-0.39, 0.29) is 12.2 Å². The lowest BCUT2D eigenvalue weighted by Gasteiger charge is -2.12. The van der Waals surface area contributed by atoms with Gasteiger partial charge in [0.1, 0.15) is 12.2 Å². The van der Waals surface area contributed by atoms with E-state index in [1.165, 1.54) is 26.5 Å². The second-order valence-corrected chi connectivity index (χ2v) is 6.42. The van der Waals surface area contributed by atoms with Gasteiger partial charge in [0.2, 0.25) is 0 Å². The molecule has 0 fully saturated rings. The molecule has 1 aromatic heterocycles. The number of hydrogen-bond acceptors (Lipinski definition) is 5. The normalized spacial score (nSPS) is 10.3. The Morgan fingerprint density at radius 2 is 1.83 bits per heavy atom. The van der Waals surface area contributed by atoms with Crippen LogP contribution in [0.4, 0.5) is 5.69 Å². The quantitative estimate of drug-likeness (QED) is 0.641. The van der Waals surface area contributed by atoms with E-state index in [1.54, 1.807) is 42.5 Å². The van der Waals surface area contributed by atoms with Crippen LogP contribution < -0.4 is 25.2 Å². The molecule has 150 valence electrons. The fraction of sp³-hybridized carbons (Fsp3) is 0.143. The zero-order valence-electron chi connectivity index (χ0n) is 15.8. The number of ether oxygens (including phenoxy) is 2. The summed E-state index contributed by atoms with van der Waals surface area (Å²) >= 11 is 5.95. The first-order valence-electron chi connectivity index (χ1n) is 8.64. The van der Waals surface area contributed by atoms with Crippen molar-refractivity contribution >= 4 is 23.2 Å². The molecule has 7 nitrogen and oxygen atoms in total. The van der Waals surface area contributed by atoms with Crippen LogP contribution in [0.15, 0.2) is 65.6 Å². The Kier molecular flexibility index (Phi) is 6.41. The minimum Gasteiger partial charge on any atom is -0.493 e. The summed E-state index contributed by atoms with van der Waals surface area (Å²) in [4.78, 5) is 30.7. The molecule has 0 aliphatic rings. The zero-order valence-corrected chi connectivity index (χ0v) is 16.6. The lowest BCUT2D eigenvalue weighted by molar-refractivity contribution is 0.0863. The largest absolute Gasteiger partial charge is 0.493 e. The van der Waals surface area contributed by atoms with Crippen LogP contribution >= 0.6 is 11.6 Å². The summed E-state index contributed by atoms with van der Waals surface area (Å²) in [6.07, 6.45) is 1.44. The number of methoxy groups -OCH3 is 2. The Morgan fingerprint density at radius 1 is 1.03 bits per heavy atom. The Morgan fingerprint density at radius 3 is 2.55 bits per heavy atom. The third kappa shape index (κ3) is 4.89. The predicted octanol–water partition coefficient (Wildman–Crippen LogP) is 3.40. The van der Waals surface area contributed by atoms with Crippen molar-refractivity contribution in [2.24, 2.45) is 0 Å². The Bertz CT molecular complexity index is 1080. The van der Waals surface area contributed by atoms with Gasteiger partial charge in [0.15, 0.2) is 11.5 Å². The van der Waals surface area contributed by atoms with Crippen LogP contribution in [-0.4, -0.2) is 24.9 Å². The van der Waals surface area contributed by atoms with Crippen LogP contribution in [0.25, 0.3) is 0 Å². The smallest absolute Gasteiger partial charge is 0.295 e. The molecule has 1 heterocycles. The molecule has 3 rings (SSSR count). The van der Waals surface area contributed by atoms with Gasteiger partial charge in [-0.05, 0) is 42.0 Å². The predicted molar refractivity (Wildman–Crippen MR) is 110 cm³/mol. The number of nitrogens with zero attached hydrogens (tertiary/aromatic N) is 1. The van der Waals surface area contributed by atoms with Gasteiger partial charge in [0, 0.05) is 23.0 Å². The van der Waals surface area contributed by atoms with Crippen LogP contribution in [0.3, 0.4) is 0 Å². The summed E-state index contributed by atoms with van der Waals surface area (Å²) in [6, 6.07) is 15.0. The molecular weight excluding hydrogens is 396 g/mol. The first-order chi connectivity index (χ1) is 14.0. The van der Waals surface area contributed by atoms with Crippen molar-refractivity contribution in [2.75, 3.05) is 19.5 Å². The van der Waals surface area contributed by atoms with Gasteiger partial charge < -0.3 is 19.6 Å². The fourth-order valence-corrected chi connectivity index (χ4v) is 2.85. The van der Waals surface area contributed by atoms with E-state index < -0.39 is 11.5 Å². The van der Waals surface area contributed by atoms with E-state index in [1.807, 2.05) is 6.07 Å². The van der Waals surface area contributed by atoms with Gasteiger partial charge in [-0.1, -0.05) is 23.7 Å². The number of carbonyl (C=O) groups excluding carboxylic acids is 1. The van der Waals surface area contributed by atoms with Gasteiger partial charge in [0.05, 0.1) is 14.2 Å². The Balaban J connectivity index is 1.76. The molecule has 0 radical (unpaired) electrons.